The SMILES string of the molecule is C[Si](C)(C)C1=C2CCC(=C1)C2. The van der Waals surface area contributed by atoms with Crippen LogP contribution in [0.4, 0.5) is 0 Å². The second kappa shape index (κ2) is 2.10. The van der Waals surface area contributed by atoms with Gasteiger partial charge in [0.25, 0.3) is 0 Å². The molecule has 0 spiro atoms. The summed E-state index contributed by atoms with van der Waals surface area (Å²) in [5.74, 6) is 0. The van der Waals surface area contributed by atoms with Gasteiger partial charge in [-0.05, 0) is 19.3 Å². The number of allylic oxidation sites excluding steroid dienone is 4. The van der Waals surface area contributed by atoms with Crippen molar-refractivity contribution in [3.8, 4) is 0 Å². The van der Waals surface area contributed by atoms with Gasteiger partial charge in [-0.1, -0.05) is 42.1 Å². The lowest BCUT2D eigenvalue weighted by Crippen LogP contribution is -2.23. The molecule has 0 saturated heterocycles. The molecule has 2 aliphatic rings. The van der Waals surface area contributed by atoms with Crippen LogP contribution in [0.1, 0.15) is 19.3 Å². The lowest BCUT2D eigenvalue weighted by atomic mass is 10.2. The summed E-state index contributed by atoms with van der Waals surface area (Å²) >= 11 is 0. The van der Waals surface area contributed by atoms with Crippen LogP contribution >= 0.6 is 0 Å². The smallest absolute Gasteiger partial charge is 0.0666 e. The minimum atomic E-state index is -0.975. The van der Waals surface area contributed by atoms with Gasteiger partial charge in [-0.2, -0.15) is 0 Å². The molecule has 0 nitrogen and oxygen atoms in total. The summed E-state index contributed by atoms with van der Waals surface area (Å²) < 4.78 is 0. The van der Waals surface area contributed by atoms with E-state index in [0.29, 0.717) is 0 Å². The topological polar surface area (TPSA) is 0 Å². The molecule has 1 fully saturated rings. The van der Waals surface area contributed by atoms with E-state index in [-0.39, 0.29) is 0 Å². The summed E-state index contributed by atoms with van der Waals surface area (Å²) in [6.07, 6.45) is 6.57. The molecule has 11 heavy (non-hydrogen) atoms. The van der Waals surface area contributed by atoms with Crippen LogP contribution in [0.3, 0.4) is 0 Å². The van der Waals surface area contributed by atoms with Gasteiger partial charge in [0.1, 0.15) is 0 Å². The molecule has 60 valence electrons. The molecule has 2 bridgehead atoms. The third-order valence-electron chi connectivity index (χ3n) is 2.73. The highest BCUT2D eigenvalue weighted by Crippen LogP contribution is 2.42. The van der Waals surface area contributed by atoms with Crippen molar-refractivity contribution in [2.75, 3.05) is 0 Å². The van der Waals surface area contributed by atoms with Crippen molar-refractivity contribution in [3.63, 3.8) is 0 Å². The quantitative estimate of drug-likeness (QED) is 0.522. The number of hydrogen-bond acceptors (Lipinski definition) is 0. The summed E-state index contributed by atoms with van der Waals surface area (Å²) in [5.41, 5.74) is 3.48. The standard InChI is InChI=1S/C10H16Si/c1-11(2,3)10-7-8-4-5-9(10)6-8/h7H,4-6H2,1-3H3. The Bertz CT molecular complexity index is 251. The van der Waals surface area contributed by atoms with Crippen LogP contribution in [0.15, 0.2) is 22.4 Å². The first-order valence-corrected chi connectivity index (χ1v) is 7.99. The zero-order valence-corrected chi connectivity index (χ0v) is 8.70. The molecule has 1 saturated carbocycles. The van der Waals surface area contributed by atoms with Crippen molar-refractivity contribution in [2.24, 2.45) is 0 Å². The van der Waals surface area contributed by atoms with Gasteiger partial charge >= 0.3 is 0 Å². The van der Waals surface area contributed by atoms with Crippen molar-refractivity contribution in [2.45, 2.75) is 38.9 Å². The third-order valence-corrected chi connectivity index (χ3v) is 4.84. The Labute approximate surface area is 70.0 Å². The van der Waals surface area contributed by atoms with Gasteiger partial charge in [0.05, 0.1) is 8.07 Å². The molecule has 0 aliphatic heterocycles. The Hall–Kier alpha value is -0.303. The van der Waals surface area contributed by atoms with Gasteiger partial charge in [-0.25, -0.2) is 0 Å². The highest BCUT2D eigenvalue weighted by Gasteiger charge is 2.29. The van der Waals surface area contributed by atoms with Crippen LogP contribution in [-0.4, -0.2) is 8.07 Å². The van der Waals surface area contributed by atoms with E-state index in [1.807, 2.05) is 0 Å². The monoisotopic (exact) mass is 164 g/mol. The molecule has 0 unspecified atom stereocenters. The fraction of sp³-hybridized carbons (Fsp3) is 0.600. The highest BCUT2D eigenvalue weighted by atomic mass is 28.3. The van der Waals surface area contributed by atoms with Crippen LogP contribution in [0.25, 0.3) is 0 Å². The van der Waals surface area contributed by atoms with E-state index in [1.54, 1.807) is 16.3 Å². The van der Waals surface area contributed by atoms with E-state index in [4.69, 9.17) is 0 Å². The second-order valence-electron chi connectivity index (χ2n) is 4.75. The van der Waals surface area contributed by atoms with E-state index < -0.39 is 8.07 Å². The van der Waals surface area contributed by atoms with Crippen LogP contribution in [0.2, 0.25) is 19.6 Å². The first kappa shape index (κ1) is 7.35. The Morgan fingerprint density at radius 2 is 1.91 bits per heavy atom. The molecule has 0 amide bonds. The normalized spacial score (nSPS) is 23.0. The summed E-state index contributed by atoms with van der Waals surface area (Å²) in [4.78, 5) is 0. The molecule has 1 heteroatoms. The van der Waals surface area contributed by atoms with Gasteiger partial charge < -0.3 is 0 Å². The molecule has 0 aromatic rings. The second-order valence-corrected chi connectivity index (χ2v) is 9.79. The summed E-state index contributed by atoms with van der Waals surface area (Å²) in [7, 11) is -0.975. The maximum absolute atomic E-state index is 2.49. The predicted molar refractivity (Wildman–Crippen MR) is 52.3 cm³/mol. The van der Waals surface area contributed by atoms with Crippen molar-refractivity contribution in [1.82, 2.24) is 0 Å². The molecule has 0 aromatic carbocycles. The van der Waals surface area contributed by atoms with Crippen LogP contribution in [0, 0.1) is 0 Å². The molecule has 0 heterocycles. The largest absolute Gasteiger partial charge is 0.0775 e. The number of rotatable bonds is 1. The maximum Gasteiger partial charge on any atom is 0.0775 e. The van der Waals surface area contributed by atoms with E-state index in [1.165, 1.54) is 19.3 Å². The summed E-state index contributed by atoms with van der Waals surface area (Å²) in [6, 6.07) is 0. The Morgan fingerprint density at radius 1 is 1.18 bits per heavy atom. The van der Waals surface area contributed by atoms with Crippen molar-refractivity contribution >= 4 is 8.07 Å². The van der Waals surface area contributed by atoms with E-state index in [0.717, 1.165) is 0 Å². The fourth-order valence-corrected chi connectivity index (χ4v) is 4.08. The Balaban J connectivity index is 2.37. The van der Waals surface area contributed by atoms with Crippen LogP contribution < -0.4 is 0 Å². The number of hydrogen-bond donors (Lipinski definition) is 0. The molecule has 2 rings (SSSR count). The summed E-state index contributed by atoms with van der Waals surface area (Å²) in [5, 5.41) is 1.76. The lowest BCUT2D eigenvalue weighted by molar-refractivity contribution is 1.03. The average molecular weight is 164 g/mol. The fourth-order valence-electron chi connectivity index (χ4n) is 2.17. The molecule has 2 aliphatic carbocycles. The van der Waals surface area contributed by atoms with Gasteiger partial charge in [-0.3, -0.25) is 0 Å². The molecular formula is C10H16Si. The lowest BCUT2D eigenvalue weighted by Gasteiger charge is -2.20. The number of fused-ring (bicyclic) bond motifs is 2. The van der Waals surface area contributed by atoms with Gasteiger partial charge in [0.2, 0.25) is 0 Å². The van der Waals surface area contributed by atoms with Crippen molar-refractivity contribution < 1.29 is 0 Å². The highest BCUT2D eigenvalue weighted by molar-refractivity contribution is 6.84. The minimum Gasteiger partial charge on any atom is -0.0666 e. The minimum absolute atomic E-state index is 0.975. The first-order chi connectivity index (χ1) is 5.07. The zero-order valence-electron chi connectivity index (χ0n) is 7.70. The molecule has 0 atom stereocenters. The van der Waals surface area contributed by atoms with E-state index in [9.17, 15) is 0 Å². The Kier molecular flexibility index (Phi) is 1.40. The van der Waals surface area contributed by atoms with E-state index >= 15 is 0 Å². The first-order valence-electron chi connectivity index (χ1n) is 4.49. The molecule has 0 radical (unpaired) electrons. The van der Waals surface area contributed by atoms with Crippen LogP contribution in [0.5, 0.6) is 0 Å². The van der Waals surface area contributed by atoms with Gasteiger partial charge in [-0.15, -0.1) is 0 Å². The van der Waals surface area contributed by atoms with Gasteiger partial charge in [0.15, 0.2) is 0 Å². The Morgan fingerprint density at radius 3 is 2.18 bits per heavy atom. The predicted octanol–water partition coefficient (Wildman–Crippen LogP) is 3.28. The van der Waals surface area contributed by atoms with E-state index in [2.05, 4.69) is 25.7 Å². The van der Waals surface area contributed by atoms with Crippen molar-refractivity contribution in [3.05, 3.63) is 22.4 Å². The van der Waals surface area contributed by atoms with Gasteiger partial charge in [0, 0.05) is 0 Å². The molecule has 0 N–H and O–H groups in total. The maximum atomic E-state index is 2.49. The molecule has 0 aromatic heterocycles. The molecular weight excluding hydrogens is 148 g/mol. The van der Waals surface area contributed by atoms with Crippen molar-refractivity contribution in [1.29, 1.82) is 0 Å². The summed E-state index contributed by atoms with van der Waals surface area (Å²) in [6.45, 7) is 7.35. The third kappa shape index (κ3) is 1.12. The van der Waals surface area contributed by atoms with Crippen LogP contribution in [-0.2, 0) is 0 Å². The average Bonchev–Trinajstić information content (AvgIpc) is 2.42. The zero-order chi connectivity index (χ0) is 8.06.